The fourth-order valence-electron chi connectivity index (χ4n) is 2.72. The van der Waals surface area contributed by atoms with Crippen LogP contribution in [-0.4, -0.2) is 11.7 Å². The second-order valence-electron chi connectivity index (χ2n) is 6.53. The molecular formula is C18H23NO2. The summed E-state index contributed by atoms with van der Waals surface area (Å²) in [6.07, 6.45) is 2.26. The molecule has 0 saturated carbocycles. The predicted octanol–water partition coefficient (Wildman–Crippen LogP) is 3.95. The van der Waals surface area contributed by atoms with Gasteiger partial charge in [0.1, 0.15) is 0 Å². The van der Waals surface area contributed by atoms with Crippen LogP contribution in [0.4, 0.5) is 0 Å². The molecule has 3 heteroatoms. The second kappa shape index (κ2) is 5.84. The normalized spacial score (nSPS) is 14.4. The molecule has 0 radical (unpaired) electrons. The van der Waals surface area contributed by atoms with Crippen LogP contribution in [-0.2, 0) is 4.79 Å². The molecule has 21 heavy (non-hydrogen) atoms. The highest BCUT2D eigenvalue weighted by molar-refractivity contribution is 6.22. The molecule has 112 valence electrons. The molecule has 1 N–H and O–H groups in total. The number of hydrogen-bond donors (Lipinski definition) is 1. The molecule has 0 aromatic heterocycles. The maximum Gasteiger partial charge on any atom is 0.224 e. The Morgan fingerprint density at radius 3 is 2.33 bits per heavy atom. The van der Waals surface area contributed by atoms with Crippen LogP contribution >= 0.6 is 0 Å². The number of allylic oxidation sites excluding steroid dienone is 2. The van der Waals surface area contributed by atoms with Gasteiger partial charge < -0.3 is 5.32 Å². The average molecular weight is 285 g/mol. The number of ketones is 1. The first-order valence-corrected chi connectivity index (χ1v) is 7.55. The van der Waals surface area contributed by atoms with E-state index in [-0.39, 0.29) is 17.1 Å². The number of rotatable bonds is 4. The van der Waals surface area contributed by atoms with E-state index in [1.807, 2.05) is 31.2 Å². The van der Waals surface area contributed by atoms with Crippen molar-refractivity contribution in [1.82, 2.24) is 5.32 Å². The molecule has 1 aliphatic carbocycles. The third-order valence-electron chi connectivity index (χ3n) is 3.69. The maximum atomic E-state index is 12.6. The van der Waals surface area contributed by atoms with Gasteiger partial charge in [-0.25, -0.2) is 0 Å². The first-order valence-electron chi connectivity index (χ1n) is 7.55. The number of unbranched alkanes of at least 4 members (excludes halogenated alkanes) is 1. The number of fused-ring (bicyclic) bond motifs is 1. The summed E-state index contributed by atoms with van der Waals surface area (Å²) < 4.78 is 0. The molecule has 2 rings (SSSR count). The highest BCUT2D eigenvalue weighted by Crippen LogP contribution is 2.42. The molecule has 0 aliphatic heterocycles. The van der Waals surface area contributed by atoms with Gasteiger partial charge in [0.05, 0.1) is 5.70 Å². The van der Waals surface area contributed by atoms with Gasteiger partial charge in [0.15, 0.2) is 0 Å². The number of benzene rings is 1. The number of hydrogen-bond acceptors (Lipinski definition) is 2. The lowest BCUT2D eigenvalue weighted by Gasteiger charge is -2.23. The van der Waals surface area contributed by atoms with Crippen molar-refractivity contribution in [2.75, 3.05) is 0 Å². The molecule has 1 aromatic rings. The van der Waals surface area contributed by atoms with Gasteiger partial charge in [0.2, 0.25) is 11.7 Å². The summed E-state index contributed by atoms with van der Waals surface area (Å²) in [7, 11) is 0. The molecular weight excluding hydrogens is 262 g/mol. The van der Waals surface area contributed by atoms with Gasteiger partial charge in [-0.2, -0.15) is 0 Å². The van der Waals surface area contributed by atoms with Gasteiger partial charge >= 0.3 is 0 Å². The van der Waals surface area contributed by atoms with Gasteiger partial charge in [-0.15, -0.1) is 0 Å². The Morgan fingerprint density at radius 1 is 1.14 bits per heavy atom. The zero-order chi connectivity index (χ0) is 15.6. The number of carbonyl (C=O) groups is 2. The second-order valence-corrected chi connectivity index (χ2v) is 6.53. The molecule has 0 fully saturated rings. The Morgan fingerprint density at radius 2 is 1.76 bits per heavy atom. The Labute approximate surface area is 126 Å². The summed E-state index contributed by atoms with van der Waals surface area (Å²) >= 11 is 0. The first-order chi connectivity index (χ1) is 9.86. The first kappa shape index (κ1) is 15.5. The van der Waals surface area contributed by atoms with Gasteiger partial charge in [0.25, 0.3) is 0 Å². The summed E-state index contributed by atoms with van der Waals surface area (Å²) in [5.74, 6) is -0.143. The lowest BCUT2D eigenvalue weighted by atomic mass is 9.82. The Balaban J connectivity index is 2.41. The molecule has 1 aromatic carbocycles. The zero-order valence-corrected chi connectivity index (χ0v) is 13.2. The van der Waals surface area contributed by atoms with Gasteiger partial charge in [-0.05, 0) is 23.0 Å². The molecule has 1 aliphatic rings. The number of nitrogens with one attached hydrogen (secondary N) is 1. The number of amides is 1. The minimum atomic E-state index is -0.199. The Bertz CT molecular complexity index is 606. The quantitative estimate of drug-likeness (QED) is 0.910. The lowest BCUT2D eigenvalue weighted by Crippen LogP contribution is -2.27. The molecule has 0 heterocycles. The van der Waals surface area contributed by atoms with Crippen molar-refractivity contribution < 1.29 is 9.59 Å². The summed E-state index contributed by atoms with van der Waals surface area (Å²) in [5.41, 5.74) is 2.84. The third kappa shape index (κ3) is 3.07. The average Bonchev–Trinajstić information content (AvgIpc) is 2.70. The van der Waals surface area contributed by atoms with E-state index in [0.717, 1.165) is 24.0 Å². The predicted molar refractivity (Wildman–Crippen MR) is 84.8 cm³/mol. The van der Waals surface area contributed by atoms with Crippen LogP contribution < -0.4 is 5.32 Å². The molecule has 0 saturated heterocycles. The van der Waals surface area contributed by atoms with Gasteiger partial charge in [-0.3, -0.25) is 9.59 Å². The van der Waals surface area contributed by atoms with Crippen LogP contribution in [0.3, 0.4) is 0 Å². The lowest BCUT2D eigenvalue weighted by molar-refractivity contribution is -0.120. The highest BCUT2D eigenvalue weighted by atomic mass is 16.2. The Hall–Kier alpha value is -1.90. The SMILES string of the molecule is CCCCC(=O)NC1=C(C(C)(C)C)c2ccccc2C1=O. The van der Waals surface area contributed by atoms with Gasteiger partial charge in [-0.1, -0.05) is 58.4 Å². The van der Waals surface area contributed by atoms with Crippen molar-refractivity contribution in [3.05, 3.63) is 41.1 Å². The van der Waals surface area contributed by atoms with Crippen LogP contribution in [0.15, 0.2) is 30.0 Å². The van der Waals surface area contributed by atoms with E-state index >= 15 is 0 Å². The molecule has 0 bridgehead atoms. The Kier molecular flexibility index (Phi) is 4.31. The summed E-state index contributed by atoms with van der Waals surface area (Å²) in [6, 6.07) is 7.58. The van der Waals surface area contributed by atoms with Crippen molar-refractivity contribution >= 4 is 17.3 Å². The smallest absolute Gasteiger partial charge is 0.224 e. The molecule has 0 unspecified atom stereocenters. The van der Waals surface area contributed by atoms with E-state index in [9.17, 15) is 9.59 Å². The van der Waals surface area contributed by atoms with Crippen molar-refractivity contribution in [3.63, 3.8) is 0 Å². The zero-order valence-electron chi connectivity index (χ0n) is 13.2. The molecule has 0 atom stereocenters. The van der Waals surface area contributed by atoms with Crippen LogP contribution in [0.25, 0.3) is 5.57 Å². The van der Waals surface area contributed by atoms with Crippen molar-refractivity contribution in [3.8, 4) is 0 Å². The van der Waals surface area contributed by atoms with E-state index in [1.165, 1.54) is 0 Å². The largest absolute Gasteiger partial charge is 0.323 e. The molecule has 0 spiro atoms. The van der Waals surface area contributed by atoms with Crippen LogP contribution in [0, 0.1) is 5.41 Å². The van der Waals surface area contributed by atoms with E-state index in [0.29, 0.717) is 17.7 Å². The minimum absolute atomic E-state index is 0.0691. The molecule has 3 nitrogen and oxygen atoms in total. The topological polar surface area (TPSA) is 46.2 Å². The van der Waals surface area contributed by atoms with E-state index in [2.05, 4.69) is 26.1 Å². The molecule has 1 amide bonds. The van der Waals surface area contributed by atoms with Gasteiger partial charge in [0, 0.05) is 12.0 Å². The number of carbonyl (C=O) groups excluding carboxylic acids is 2. The maximum absolute atomic E-state index is 12.6. The van der Waals surface area contributed by atoms with E-state index < -0.39 is 0 Å². The highest BCUT2D eigenvalue weighted by Gasteiger charge is 2.35. The van der Waals surface area contributed by atoms with E-state index in [1.54, 1.807) is 0 Å². The van der Waals surface area contributed by atoms with Crippen molar-refractivity contribution in [2.24, 2.45) is 5.41 Å². The van der Waals surface area contributed by atoms with Crippen LogP contribution in [0.1, 0.15) is 62.9 Å². The van der Waals surface area contributed by atoms with Crippen LogP contribution in [0.2, 0.25) is 0 Å². The number of Topliss-reactive ketones (excluding diaryl/α,β-unsaturated/α-hetero) is 1. The van der Waals surface area contributed by atoms with Crippen molar-refractivity contribution in [1.29, 1.82) is 0 Å². The van der Waals surface area contributed by atoms with Crippen molar-refractivity contribution in [2.45, 2.75) is 47.0 Å². The summed E-state index contributed by atoms with van der Waals surface area (Å²) in [4.78, 5) is 24.6. The van der Waals surface area contributed by atoms with E-state index in [4.69, 9.17) is 0 Å². The fraction of sp³-hybridized carbons (Fsp3) is 0.444. The third-order valence-corrected chi connectivity index (χ3v) is 3.69. The standard InChI is InChI=1S/C18H23NO2/c1-5-6-11-14(20)19-16-15(18(2,3)4)12-9-7-8-10-13(12)17(16)21/h7-10H,5-6,11H2,1-4H3,(H,19,20,21). The van der Waals surface area contributed by atoms with Crippen LogP contribution in [0.5, 0.6) is 0 Å². The fourth-order valence-corrected chi connectivity index (χ4v) is 2.72. The summed E-state index contributed by atoms with van der Waals surface area (Å²) in [5, 5.41) is 2.86. The monoisotopic (exact) mass is 285 g/mol. The minimum Gasteiger partial charge on any atom is -0.323 e. The summed E-state index contributed by atoms with van der Waals surface area (Å²) in [6.45, 7) is 8.24.